The van der Waals surface area contributed by atoms with Gasteiger partial charge in [0.15, 0.2) is 0 Å². The fraction of sp³-hybridized carbons (Fsp3) is 0.500. The number of aliphatic hydroxyl groups excluding tert-OH is 1. The molecule has 0 radical (unpaired) electrons. The van der Waals surface area contributed by atoms with Gasteiger partial charge in [0.1, 0.15) is 25.0 Å². The number of quaternary nitrogens is 1. The molecule has 0 amide bonds. The first-order chi connectivity index (χ1) is 12.6. The first kappa shape index (κ1) is 20.6. The third kappa shape index (κ3) is 6.88. The Hall–Kier alpha value is -1.73. The van der Waals surface area contributed by atoms with Crippen LogP contribution in [0.1, 0.15) is 17.7 Å². The van der Waals surface area contributed by atoms with Crippen LogP contribution in [0.2, 0.25) is 0 Å². The molecule has 2 rings (SSSR count). The summed E-state index contributed by atoms with van der Waals surface area (Å²) in [5.74, 6) is -0.217. The highest BCUT2D eigenvalue weighted by atomic mass is 19.1. The molecule has 5 nitrogen and oxygen atoms in total. The van der Waals surface area contributed by atoms with Gasteiger partial charge in [-0.15, -0.1) is 0 Å². The standard InChI is InChI=1S/C20H29FN2O3/c1-25-11-5-9-22(15-20(24)16-26-2)14-19-8-4-10-23(19)13-17-6-3-7-18(21)12-17/h3-4,6-8,10,12,20,24H,5,9,11,13-16H2,1-2H3/p+1/t20-/m1/s1. The van der Waals surface area contributed by atoms with E-state index >= 15 is 0 Å². The molecule has 26 heavy (non-hydrogen) atoms. The molecule has 1 unspecified atom stereocenters. The van der Waals surface area contributed by atoms with Crippen molar-refractivity contribution >= 4 is 0 Å². The van der Waals surface area contributed by atoms with Crippen molar-refractivity contribution < 1.29 is 23.9 Å². The maximum atomic E-state index is 13.4. The van der Waals surface area contributed by atoms with Crippen LogP contribution in [0.5, 0.6) is 0 Å². The fourth-order valence-corrected chi connectivity index (χ4v) is 3.17. The Bertz CT molecular complexity index is 647. The minimum atomic E-state index is -0.496. The summed E-state index contributed by atoms with van der Waals surface area (Å²) < 4.78 is 25.8. The minimum absolute atomic E-state index is 0.217. The molecule has 0 fully saturated rings. The van der Waals surface area contributed by atoms with Crippen molar-refractivity contribution in [2.24, 2.45) is 0 Å². The molecule has 1 aromatic carbocycles. The number of halogens is 1. The lowest BCUT2D eigenvalue weighted by Gasteiger charge is -2.23. The highest BCUT2D eigenvalue weighted by Gasteiger charge is 2.17. The number of benzene rings is 1. The van der Waals surface area contributed by atoms with Crippen LogP contribution in [0.15, 0.2) is 42.6 Å². The Morgan fingerprint density at radius 2 is 2.04 bits per heavy atom. The molecular weight excluding hydrogens is 335 g/mol. The summed E-state index contributed by atoms with van der Waals surface area (Å²) >= 11 is 0. The van der Waals surface area contributed by atoms with E-state index in [0.29, 0.717) is 26.3 Å². The number of nitrogens with zero attached hydrogens (tertiary/aromatic N) is 1. The predicted molar refractivity (Wildman–Crippen MR) is 98.7 cm³/mol. The van der Waals surface area contributed by atoms with E-state index < -0.39 is 6.10 Å². The Kier molecular flexibility index (Phi) is 8.77. The zero-order valence-electron chi connectivity index (χ0n) is 15.7. The van der Waals surface area contributed by atoms with Crippen LogP contribution in [0.4, 0.5) is 4.39 Å². The highest BCUT2D eigenvalue weighted by Crippen LogP contribution is 2.09. The molecule has 0 aliphatic heterocycles. The van der Waals surface area contributed by atoms with Gasteiger partial charge in [0.05, 0.1) is 25.5 Å². The number of methoxy groups -OCH3 is 2. The zero-order valence-corrected chi connectivity index (χ0v) is 15.7. The number of hydrogen-bond donors (Lipinski definition) is 2. The largest absolute Gasteiger partial charge is 0.385 e. The van der Waals surface area contributed by atoms with Crippen molar-refractivity contribution in [2.45, 2.75) is 25.6 Å². The molecule has 0 aliphatic carbocycles. The molecular formula is C20H30FN2O3+. The van der Waals surface area contributed by atoms with Gasteiger partial charge in [0.2, 0.25) is 0 Å². The van der Waals surface area contributed by atoms with Gasteiger partial charge in [0, 0.05) is 33.4 Å². The van der Waals surface area contributed by atoms with Crippen LogP contribution in [-0.4, -0.2) is 56.3 Å². The van der Waals surface area contributed by atoms with Gasteiger partial charge >= 0.3 is 0 Å². The van der Waals surface area contributed by atoms with Gasteiger partial charge in [-0.25, -0.2) is 4.39 Å². The van der Waals surface area contributed by atoms with Crippen LogP contribution in [0.3, 0.4) is 0 Å². The van der Waals surface area contributed by atoms with Gasteiger partial charge < -0.3 is 24.0 Å². The quantitative estimate of drug-likeness (QED) is 0.554. The van der Waals surface area contributed by atoms with E-state index in [1.807, 2.05) is 18.3 Å². The molecule has 6 heteroatoms. The Balaban J connectivity index is 2.03. The van der Waals surface area contributed by atoms with E-state index in [-0.39, 0.29) is 5.82 Å². The van der Waals surface area contributed by atoms with Gasteiger partial charge in [-0.05, 0) is 29.8 Å². The second-order valence-corrected chi connectivity index (χ2v) is 6.59. The summed E-state index contributed by atoms with van der Waals surface area (Å²) in [5, 5.41) is 10.1. The number of ether oxygens (including phenoxy) is 2. The Morgan fingerprint density at radius 3 is 2.77 bits per heavy atom. The third-order valence-corrected chi connectivity index (χ3v) is 4.36. The van der Waals surface area contributed by atoms with Crippen molar-refractivity contribution in [1.82, 2.24) is 4.57 Å². The van der Waals surface area contributed by atoms with Gasteiger partial charge in [-0.2, -0.15) is 0 Å². The summed E-state index contributed by atoms with van der Waals surface area (Å²) in [6, 6.07) is 10.8. The second-order valence-electron chi connectivity index (χ2n) is 6.59. The molecule has 1 aromatic heterocycles. The first-order valence-electron chi connectivity index (χ1n) is 9.00. The fourth-order valence-electron chi connectivity index (χ4n) is 3.17. The van der Waals surface area contributed by atoms with E-state index in [0.717, 1.165) is 30.8 Å². The summed E-state index contributed by atoms with van der Waals surface area (Å²) in [4.78, 5) is 1.27. The van der Waals surface area contributed by atoms with Gasteiger partial charge in [-0.3, -0.25) is 0 Å². The number of rotatable bonds is 12. The molecule has 144 valence electrons. The van der Waals surface area contributed by atoms with Crippen molar-refractivity contribution in [2.75, 3.05) is 40.5 Å². The minimum Gasteiger partial charge on any atom is -0.385 e. The lowest BCUT2D eigenvalue weighted by Crippen LogP contribution is -3.12. The predicted octanol–water partition coefficient (Wildman–Crippen LogP) is 1.10. The first-order valence-corrected chi connectivity index (χ1v) is 9.00. The normalized spacial score (nSPS) is 13.7. The summed E-state index contributed by atoms with van der Waals surface area (Å²) in [5.41, 5.74) is 2.09. The Morgan fingerprint density at radius 1 is 1.19 bits per heavy atom. The Labute approximate surface area is 155 Å². The van der Waals surface area contributed by atoms with Crippen LogP contribution in [0.25, 0.3) is 0 Å². The molecule has 0 aliphatic rings. The van der Waals surface area contributed by atoms with Crippen molar-refractivity contribution in [3.05, 3.63) is 59.7 Å². The molecule has 1 heterocycles. The monoisotopic (exact) mass is 365 g/mol. The summed E-state index contributed by atoms with van der Waals surface area (Å²) in [7, 11) is 3.29. The zero-order chi connectivity index (χ0) is 18.8. The van der Waals surface area contributed by atoms with Crippen LogP contribution in [-0.2, 0) is 22.6 Å². The van der Waals surface area contributed by atoms with Gasteiger partial charge in [0.25, 0.3) is 0 Å². The van der Waals surface area contributed by atoms with Crippen molar-refractivity contribution in [1.29, 1.82) is 0 Å². The second kappa shape index (κ2) is 11.1. The maximum Gasteiger partial charge on any atom is 0.126 e. The van der Waals surface area contributed by atoms with E-state index in [1.54, 1.807) is 26.4 Å². The van der Waals surface area contributed by atoms with Gasteiger partial charge in [-0.1, -0.05) is 12.1 Å². The molecule has 2 atom stereocenters. The molecule has 2 N–H and O–H groups in total. The maximum absolute atomic E-state index is 13.4. The lowest BCUT2D eigenvalue weighted by molar-refractivity contribution is -0.917. The third-order valence-electron chi connectivity index (χ3n) is 4.36. The smallest absolute Gasteiger partial charge is 0.126 e. The number of nitrogens with one attached hydrogen (secondary N) is 1. The highest BCUT2D eigenvalue weighted by molar-refractivity contribution is 5.18. The topological polar surface area (TPSA) is 48.1 Å². The SMILES string of the molecule is COCCC[NH+](Cc1cccn1Cc1cccc(F)c1)C[C@@H](O)COC. The molecule has 2 aromatic rings. The lowest BCUT2D eigenvalue weighted by atomic mass is 10.2. The number of aromatic nitrogens is 1. The summed E-state index contributed by atoms with van der Waals surface area (Å²) in [6.45, 7) is 3.97. The van der Waals surface area contributed by atoms with Crippen LogP contribution >= 0.6 is 0 Å². The van der Waals surface area contributed by atoms with Crippen LogP contribution in [0, 0.1) is 5.82 Å². The average molecular weight is 365 g/mol. The van der Waals surface area contributed by atoms with E-state index in [4.69, 9.17) is 9.47 Å². The summed E-state index contributed by atoms with van der Waals surface area (Å²) in [6.07, 6.45) is 2.44. The van der Waals surface area contributed by atoms with Crippen molar-refractivity contribution in [3.8, 4) is 0 Å². The average Bonchev–Trinajstić information content (AvgIpc) is 3.02. The van der Waals surface area contributed by atoms with E-state index in [9.17, 15) is 9.50 Å². The van der Waals surface area contributed by atoms with E-state index in [2.05, 4.69) is 10.6 Å². The number of hydrogen-bond acceptors (Lipinski definition) is 3. The molecule has 0 bridgehead atoms. The number of aliphatic hydroxyl groups is 1. The molecule has 0 spiro atoms. The molecule has 0 saturated heterocycles. The van der Waals surface area contributed by atoms with Crippen LogP contribution < -0.4 is 4.90 Å². The molecule has 0 saturated carbocycles. The van der Waals surface area contributed by atoms with E-state index in [1.165, 1.54) is 11.0 Å². The van der Waals surface area contributed by atoms with Crippen molar-refractivity contribution in [3.63, 3.8) is 0 Å².